The number of hydroxylamine groups is 2. The Kier molecular flexibility index (Phi) is 6.23. The van der Waals surface area contributed by atoms with Gasteiger partial charge < -0.3 is 14.4 Å². The zero-order chi connectivity index (χ0) is 24.8. The van der Waals surface area contributed by atoms with Gasteiger partial charge >= 0.3 is 11.7 Å². The first kappa shape index (κ1) is 23.9. The van der Waals surface area contributed by atoms with Crippen molar-refractivity contribution < 1.29 is 33.6 Å². The Labute approximate surface area is 206 Å². The summed E-state index contributed by atoms with van der Waals surface area (Å²) < 4.78 is 11.1. The van der Waals surface area contributed by atoms with Crippen LogP contribution in [0.5, 0.6) is 11.5 Å². The summed E-state index contributed by atoms with van der Waals surface area (Å²) in [4.78, 5) is 54.5. The highest BCUT2D eigenvalue weighted by atomic mass is 79.9. The van der Waals surface area contributed by atoms with Crippen molar-refractivity contribution in [2.24, 2.45) is 0 Å². The Morgan fingerprint density at radius 3 is 2.71 bits per heavy atom. The van der Waals surface area contributed by atoms with Gasteiger partial charge in [-0.3, -0.25) is 29.3 Å². The number of amides is 2. The van der Waals surface area contributed by atoms with Crippen LogP contribution in [0.25, 0.3) is 0 Å². The minimum absolute atomic E-state index is 0.0139. The minimum atomic E-state index is -2.01. The van der Waals surface area contributed by atoms with E-state index in [1.54, 1.807) is 6.07 Å². The van der Waals surface area contributed by atoms with Gasteiger partial charge in [-0.2, -0.15) is 5.06 Å². The number of carbonyl (C=O) groups excluding carboxylic acids is 3. The highest BCUT2D eigenvalue weighted by molar-refractivity contribution is 9.09. The summed E-state index contributed by atoms with van der Waals surface area (Å²) in [5, 5.41) is 12.3. The van der Waals surface area contributed by atoms with Crippen LogP contribution in [0, 0.1) is 10.1 Å². The lowest BCUT2D eigenvalue weighted by Crippen LogP contribution is -2.70. The molecule has 0 aliphatic carbocycles. The van der Waals surface area contributed by atoms with E-state index in [1.807, 2.05) is 0 Å². The first-order valence-corrected chi connectivity index (χ1v) is 11.1. The van der Waals surface area contributed by atoms with E-state index in [4.69, 9.17) is 25.9 Å². The number of nitro groups is 1. The molecule has 1 spiro atoms. The number of piperazine rings is 1. The van der Waals surface area contributed by atoms with Crippen molar-refractivity contribution in [1.82, 2.24) is 9.96 Å². The Morgan fingerprint density at radius 2 is 2.06 bits per heavy atom. The third kappa shape index (κ3) is 3.77. The van der Waals surface area contributed by atoms with Gasteiger partial charge in [0.05, 0.1) is 23.6 Å². The molecule has 0 aromatic heterocycles. The second kappa shape index (κ2) is 8.85. The number of nitro benzene ring substituents is 1. The Balaban J connectivity index is 1.76. The van der Waals surface area contributed by atoms with E-state index >= 15 is 0 Å². The molecule has 11 nitrogen and oxygen atoms in total. The van der Waals surface area contributed by atoms with Crippen molar-refractivity contribution in [3.63, 3.8) is 0 Å². The van der Waals surface area contributed by atoms with Crippen LogP contribution in [0.1, 0.15) is 22.9 Å². The second-order valence-corrected chi connectivity index (χ2v) is 8.82. The molecule has 2 aromatic rings. The van der Waals surface area contributed by atoms with Crippen LogP contribution in [-0.2, 0) is 25.8 Å². The van der Waals surface area contributed by atoms with E-state index in [-0.39, 0.29) is 40.9 Å². The van der Waals surface area contributed by atoms with E-state index in [1.165, 1.54) is 44.4 Å². The van der Waals surface area contributed by atoms with Gasteiger partial charge in [-0.15, -0.1) is 0 Å². The van der Waals surface area contributed by atoms with E-state index in [9.17, 15) is 24.5 Å². The number of alkyl halides is 1. The maximum Gasteiger partial charge on any atom is 0.308 e. The fourth-order valence-corrected chi connectivity index (χ4v) is 5.03. The monoisotopic (exact) mass is 553 g/mol. The van der Waals surface area contributed by atoms with Crippen molar-refractivity contribution in [3.05, 3.63) is 62.7 Å². The number of hydrogen-bond donors (Lipinski definition) is 0. The number of hydrogen-bond acceptors (Lipinski definition) is 8. The summed E-state index contributed by atoms with van der Waals surface area (Å²) in [7, 11) is 1.22. The van der Waals surface area contributed by atoms with Crippen LogP contribution in [0.2, 0.25) is 5.02 Å². The van der Waals surface area contributed by atoms with E-state index in [0.717, 1.165) is 9.96 Å². The summed E-state index contributed by atoms with van der Waals surface area (Å²) in [5.74, 6) is -1.74. The molecule has 13 heteroatoms. The molecule has 0 saturated carbocycles. The second-order valence-electron chi connectivity index (χ2n) is 7.49. The number of nitrogens with zero attached hydrogens (tertiary/aromatic N) is 3. The first-order chi connectivity index (χ1) is 16.1. The predicted octanol–water partition coefficient (Wildman–Crippen LogP) is 3.13. The standard InChI is InChI=1S/C21H17BrClN3O8/c1-11(27)33-17-8-16-13(7-14(17)23)19(22)21(34-16)20(29)24(10-18(28)25(21)32-2)9-12-5-3-4-6-15(12)26(30)31/h3-8,19H,9-10H2,1-2H3/t19-,21+/m0/s1. The van der Waals surface area contributed by atoms with Crippen molar-refractivity contribution in [3.8, 4) is 11.5 Å². The molecule has 2 amide bonds. The summed E-state index contributed by atoms with van der Waals surface area (Å²) in [6.45, 7) is 0.606. The van der Waals surface area contributed by atoms with Crippen LogP contribution in [0.15, 0.2) is 36.4 Å². The molecule has 4 rings (SSSR count). The van der Waals surface area contributed by atoms with Crippen LogP contribution in [0.4, 0.5) is 5.69 Å². The van der Waals surface area contributed by atoms with Gasteiger partial charge in [0.15, 0.2) is 5.75 Å². The molecule has 2 aliphatic heterocycles. The van der Waals surface area contributed by atoms with E-state index in [2.05, 4.69) is 15.9 Å². The molecule has 0 radical (unpaired) electrons. The van der Waals surface area contributed by atoms with Crippen molar-refractivity contribution in [2.45, 2.75) is 24.0 Å². The fraction of sp³-hybridized carbons (Fsp3) is 0.286. The lowest BCUT2D eigenvalue weighted by atomic mass is 10.00. The number of fused-ring (bicyclic) bond motifs is 1. The van der Waals surface area contributed by atoms with Crippen molar-refractivity contribution in [2.75, 3.05) is 13.7 Å². The number of halogens is 2. The van der Waals surface area contributed by atoms with Crippen LogP contribution >= 0.6 is 27.5 Å². The van der Waals surface area contributed by atoms with Gasteiger partial charge in [0.2, 0.25) is 0 Å². The number of benzene rings is 2. The number of carbonyl (C=O) groups is 3. The Bertz CT molecular complexity index is 1220. The summed E-state index contributed by atoms with van der Waals surface area (Å²) in [6.07, 6.45) is 0. The molecular formula is C21H17BrClN3O8. The molecule has 1 fully saturated rings. The summed E-state index contributed by atoms with van der Waals surface area (Å²) in [5.41, 5.74) is -1.53. The average molecular weight is 555 g/mol. The highest BCUT2D eigenvalue weighted by Gasteiger charge is 2.64. The topological polar surface area (TPSA) is 129 Å². The number of para-hydroxylation sites is 1. The quantitative estimate of drug-likeness (QED) is 0.181. The molecule has 2 aromatic carbocycles. The van der Waals surface area contributed by atoms with Gasteiger partial charge in [0.25, 0.3) is 17.5 Å². The Hall–Kier alpha value is -3.22. The molecule has 2 heterocycles. The van der Waals surface area contributed by atoms with Crippen LogP contribution < -0.4 is 9.47 Å². The molecule has 178 valence electrons. The maximum atomic E-state index is 13.8. The van der Waals surface area contributed by atoms with Crippen LogP contribution in [0.3, 0.4) is 0 Å². The van der Waals surface area contributed by atoms with Crippen LogP contribution in [-0.4, -0.2) is 52.0 Å². The molecule has 0 N–H and O–H groups in total. The molecular weight excluding hydrogens is 538 g/mol. The number of ether oxygens (including phenoxy) is 2. The minimum Gasteiger partial charge on any atom is -0.454 e. The summed E-state index contributed by atoms with van der Waals surface area (Å²) >= 11 is 9.68. The molecule has 2 atom stereocenters. The Morgan fingerprint density at radius 1 is 1.35 bits per heavy atom. The SMILES string of the molecule is CON1C(=O)CN(Cc2ccccc2[N+](=O)[O-])C(=O)[C@@]12Oc1cc(OC(C)=O)c(Cl)cc1[C@@H]2Br. The largest absolute Gasteiger partial charge is 0.454 e. The van der Waals surface area contributed by atoms with Crippen molar-refractivity contribution in [1.29, 1.82) is 0 Å². The summed E-state index contributed by atoms with van der Waals surface area (Å²) in [6, 6.07) is 8.73. The number of rotatable bonds is 5. The van der Waals surface area contributed by atoms with Gasteiger partial charge in [-0.25, -0.2) is 0 Å². The third-order valence-corrected chi connectivity index (χ3v) is 6.79. The molecule has 0 unspecified atom stereocenters. The zero-order valence-electron chi connectivity index (χ0n) is 17.8. The molecule has 34 heavy (non-hydrogen) atoms. The lowest BCUT2D eigenvalue weighted by Gasteiger charge is -2.45. The number of esters is 1. The van der Waals surface area contributed by atoms with Gasteiger partial charge in [0.1, 0.15) is 17.1 Å². The maximum absolute atomic E-state index is 13.8. The predicted molar refractivity (Wildman–Crippen MR) is 120 cm³/mol. The van der Waals surface area contributed by atoms with Gasteiger partial charge in [-0.05, 0) is 6.07 Å². The molecule has 0 bridgehead atoms. The molecule has 1 saturated heterocycles. The van der Waals surface area contributed by atoms with E-state index < -0.39 is 33.3 Å². The zero-order valence-corrected chi connectivity index (χ0v) is 20.2. The van der Waals surface area contributed by atoms with Crippen molar-refractivity contribution >= 4 is 51.0 Å². The fourth-order valence-electron chi connectivity index (χ4n) is 3.99. The van der Waals surface area contributed by atoms with Gasteiger partial charge in [-0.1, -0.05) is 45.7 Å². The third-order valence-electron chi connectivity index (χ3n) is 5.38. The average Bonchev–Trinajstić information content (AvgIpc) is 3.04. The van der Waals surface area contributed by atoms with E-state index in [0.29, 0.717) is 5.56 Å². The first-order valence-electron chi connectivity index (χ1n) is 9.84. The smallest absolute Gasteiger partial charge is 0.308 e. The van der Waals surface area contributed by atoms with Gasteiger partial charge in [0, 0.05) is 30.2 Å². The normalized spacial score (nSPS) is 21.5. The molecule has 2 aliphatic rings. The lowest BCUT2D eigenvalue weighted by molar-refractivity contribution is -0.385. The highest BCUT2D eigenvalue weighted by Crippen LogP contribution is 2.54.